The Kier molecular flexibility index (Phi) is 23.2. The van der Waals surface area contributed by atoms with Gasteiger partial charge in [-0.2, -0.15) is 0 Å². The molecule has 0 fully saturated rings. The zero-order valence-electron chi connectivity index (χ0n) is 24.7. The predicted molar refractivity (Wildman–Crippen MR) is 158 cm³/mol. The maximum atomic E-state index is 12.0. The third-order valence-electron chi connectivity index (χ3n) is 7.05. The second kappa shape index (κ2) is 25.6. The van der Waals surface area contributed by atoms with Crippen molar-refractivity contribution in [1.29, 1.82) is 0 Å². The van der Waals surface area contributed by atoms with E-state index in [1.54, 1.807) is 0 Å². The minimum absolute atomic E-state index is 0.0806. The van der Waals surface area contributed by atoms with E-state index in [0.29, 0.717) is 38.1 Å². The molecule has 0 saturated heterocycles. The Labute approximate surface area is 233 Å². The standard InChI is InChI=1S/C32H58N2O4/c1-3-19-29-21-15-11-7-5-9-13-18-24-32(36)38-28-26-34-30(20-4-2)22-16-12-8-6-10-14-17-23-31(35)37-27-25-33-29/h5-6,9-10,29-30,33-34H,3-4,7-8,11-28H2,1-2H3/b9-5-,10-6-/t29-,30-/m0/s1. The summed E-state index contributed by atoms with van der Waals surface area (Å²) in [4.78, 5) is 24.1. The van der Waals surface area contributed by atoms with Gasteiger partial charge in [0.25, 0.3) is 0 Å². The van der Waals surface area contributed by atoms with Gasteiger partial charge in [-0.3, -0.25) is 9.59 Å². The molecule has 0 radical (unpaired) electrons. The molecular weight excluding hydrogens is 476 g/mol. The van der Waals surface area contributed by atoms with Gasteiger partial charge in [-0.05, 0) is 77.0 Å². The van der Waals surface area contributed by atoms with Crippen LogP contribution in [0.2, 0.25) is 0 Å². The molecule has 220 valence electrons. The molecule has 0 aromatic heterocycles. The molecule has 0 spiro atoms. The number of ether oxygens (including phenoxy) is 2. The van der Waals surface area contributed by atoms with Crippen LogP contribution in [0.5, 0.6) is 0 Å². The van der Waals surface area contributed by atoms with E-state index < -0.39 is 0 Å². The van der Waals surface area contributed by atoms with Gasteiger partial charge in [0.1, 0.15) is 13.2 Å². The van der Waals surface area contributed by atoms with E-state index in [-0.39, 0.29) is 11.9 Å². The van der Waals surface area contributed by atoms with Gasteiger partial charge in [-0.15, -0.1) is 0 Å². The Morgan fingerprint density at radius 1 is 0.632 bits per heavy atom. The molecule has 1 aliphatic rings. The third-order valence-corrected chi connectivity index (χ3v) is 7.05. The summed E-state index contributed by atoms with van der Waals surface area (Å²) in [5.74, 6) is -0.161. The molecule has 2 N–H and O–H groups in total. The summed E-state index contributed by atoms with van der Waals surface area (Å²) in [6, 6.07) is 0.985. The molecule has 0 bridgehead atoms. The lowest BCUT2D eigenvalue weighted by molar-refractivity contribution is -0.144. The van der Waals surface area contributed by atoms with Gasteiger partial charge in [0.15, 0.2) is 0 Å². The summed E-state index contributed by atoms with van der Waals surface area (Å²) in [5.41, 5.74) is 0. The number of carbonyl (C=O) groups excluding carboxylic acids is 2. The number of nitrogens with one attached hydrogen (secondary N) is 2. The van der Waals surface area contributed by atoms with E-state index >= 15 is 0 Å². The smallest absolute Gasteiger partial charge is 0.305 e. The molecule has 0 aromatic carbocycles. The van der Waals surface area contributed by atoms with Crippen LogP contribution in [0, 0.1) is 0 Å². The predicted octanol–water partition coefficient (Wildman–Crippen LogP) is 7.18. The van der Waals surface area contributed by atoms with E-state index in [4.69, 9.17) is 9.47 Å². The van der Waals surface area contributed by atoms with Crippen molar-refractivity contribution >= 4 is 11.9 Å². The quantitative estimate of drug-likeness (QED) is 0.294. The summed E-state index contributed by atoms with van der Waals surface area (Å²) in [6.45, 7) is 6.81. The van der Waals surface area contributed by atoms with Gasteiger partial charge in [0.2, 0.25) is 0 Å². The number of hydrogen-bond acceptors (Lipinski definition) is 6. The molecule has 0 saturated carbocycles. The molecule has 1 heterocycles. The molecule has 2 atom stereocenters. The van der Waals surface area contributed by atoms with Crippen LogP contribution in [-0.2, 0) is 19.1 Å². The topological polar surface area (TPSA) is 76.7 Å². The van der Waals surface area contributed by atoms with Crippen molar-refractivity contribution < 1.29 is 19.1 Å². The highest BCUT2D eigenvalue weighted by molar-refractivity contribution is 5.69. The number of cyclic esters (lactones) is 2. The molecule has 0 aliphatic carbocycles. The molecule has 0 unspecified atom stereocenters. The van der Waals surface area contributed by atoms with Gasteiger partial charge in [0, 0.05) is 38.0 Å². The minimum Gasteiger partial charge on any atom is -0.464 e. The van der Waals surface area contributed by atoms with Crippen molar-refractivity contribution in [3.05, 3.63) is 24.3 Å². The van der Waals surface area contributed by atoms with Crippen LogP contribution in [-0.4, -0.2) is 50.3 Å². The molecule has 6 heteroatoms. The van der Waals surface area contributed by atoms with Crippen molar-refractivity contribution in [2.75, 3.05) is 26.3 Å². The lowest BCUT2D eigenvalue weighted by Crippen LogP contribution is -2.32. The van der Waals surface area contributed by atoms with Crippen LogP contribution in [0.15, 0.2) is 24.3 Å². The number of esters is 2. The molecular formula is C32H58N2O4. The van der Waals surface area contributed by atoms with E-state index in [2.05, 4.69) is 48.8 Å². The highest BCUT2D eigenvalue weighted by atomic mass is 16.5. The second-order valence-electron chi connectivity index (χ2n) is 10.6. The molecule has 1 rings (SSSR count). The second-order valence-corrected chi connectivity index (χ2v) is 10.6. The van der Waals surface area contributed by atoms with Crippen molar-refractivity contribution in [1.82, 2.24) is 10.6 Å². The van der Waals surface area contributed by atoms with Crippen LogP contribution < -0.4 is 10.6 Å². The van der Waals surface area contributed by atoms with Crippen LogP contribution in [0.4, 0.5) is 0 Å². The maximum Gasteiger partial charge on any atom is 0.305 e. The van der Waals surface area contributed by atoms with Crippen LogP contribution >= 0.6 is 0 Å². The monoisotopic (exact) mass is 534 g/mol. The van der Waals surface area contributed by atoms with Crippen LogP contribution in [0.25, 0.3) is 0 Å². The summed E-state index contributed by atoms with van der Waals surface area (Å²) < 4.78 is 10.9. The maximum absolute atomic E-state index is 12.0. The van der Waals surface area contributed by atoms with Gasteiger partial charge in [0.05, 0.1) is 0 Å². The molecule has 0 aromatic rings. The van der Waals surface area contributed by atoms with Crippen molar-refractivity contribution in [3.8, 4) is 0 Å². The summed E-state index contributed by atoms with van der Waals surface area (Å²) in [5, 5.41) is 7.16. The van der Waals surface area contributed by atoms with Gasteiger partial charge in [-0.1, -0.05) is 63.8 Å². The van der Waals surface area contributed by atoms with Crippen molar-refractivity contribution in [2.24, 2.45) is 0 Å². The summed E-state index contributed by atoms with van der Waals surface area (Å²) in [6.07, 6.45) is 27.3. The van der Waals surface area contributed by atoms with Crippen LogP contribution in [0.3, 0.4) is 0 Å². The molecule has 38 heavy (non-hydrogen) atoms. The first-order valence-corrected chi connectivity index (χ1v) is 15.7. The minimum atomic E-state index is -0.0806. The normalized spacial score (nSPS) is 25.9. The van der Waals surface area contributed by atoms with E-state index in [1.165, 1.54) is 25.7 Å². The number of rotatable bonds is 4. The Hall–Kier alpha value is -1.66. The Bertz CT molecular complexity index is 581. The van der Waals surface area contributed by atoms with E-state index in [0.717, 1.165) is 90.1 Å². The van der Waals surface area contributed by atoms with Gasteiger partial charge in [-0.25, -0.2) is 0 Å². The highest BCUT2D eigenvalue weighted by Gasteiger charge is 2.09. The average Bonchev–Trinajstić information content (AvgIpc) is 2.90. The summed E-state index contributed by atoms with van der Waals surface area (Å²) in [7, 11) is 0. The fourth-order valence-electron chi connectivity index (χ4n) is 4.90. The lowest BCUT2D eigenvalue weighted by Gasteiger charge is -2.18. The summed E-state index contributed by atoms with van der Waals surface area (Å²) >= 11 is 0. The molecule has 1 aliphatic heterocycles. The highest BCUT2D eigenvalue weighted by Crippen LogP contribution is 2.11. The Morgan fingerprint density at radius 3 is 1.42 bits per heavy atom. The average molecular weight is 535 g/mol. The fourth-order valence-corrected chi connectivity index (χ4v) is 4.90. The largest absolute Gasteiger partial charge is 0.464 e. The number of allylic oxidation sites excluding steroid dienone is 4. The first-order valence-electron chi connectivity index (χ1n) is 15.7. The van der Waals surface area contributed by atoms with Crippen molar-refractivity contribution in [2.45, 2.75) is 142 Å². The molecule has 0 amide bonds. The first-order chi connectivity index (χ1) is 18.7. The van der Waals surface area contributed by atoms with E-state index in [1.807, 2.05) is 0 Å². The lowest BCUT2D eigenvalue weighted by atomic mass is 10.0. The van der Waals surface area contributed by atoms with Gasteiger partial charge < -0.3 is 20.1 Å². The SMILES string of the molecule is CCC[C@H]1CCCC/C=C\CCCC(=O)OCCN[C@@H](CCC)CCCC/C=C\CCCC(=O)OCCN1. The number of hydrogen-bond donors (Lipinski definition) is 2. The van der Waals surface area contributed by atoms with Crippen LogP contribution in [0.1, 0.15) is 129 Å². The molecule has 6 nitrogen and oxygen atoms in total. The zero-order valence-corrected chi connectivity index (χ0v) is 24.7. The Balaban J connectivity index is 2.44. The van der Waals surface area contributed by atoms with E-state index in [9.17, 15) is 9.59 Å². The fraction of sp³-hybridized carbons (Fsp3) is 0.812. The van der Waals surface area contributed by atoms with Crippen molar-refractivity contribution in [3.63, 3.8) is 0 Å². The third kappa shape index (κ3) is 21.3. The van der Waals surface area contributed by atoms with Gasteiger partial charge >= 0.3 is 11.9 Å². The number of carbonyl (C=O) groups is 2. The Morgan fingerprint density at radius 2 is 1.03 bits per heavy atom. The zero-order chi connectivity index (χ0) is 27.5. The first kappa shape index (κ1) is 34.4.